The third-order valence-electron chi connectivity index (χ3n) is 4.54. The van der Waals surface area contributed by atoms with E-state index >= 15 is 0 Å². The van der Waals surface area contributed by atoms with Gasteiger partial charge in [0.05, 0.1) is 7.11 Å². The summed E-state index contributed by atoms with van der Waals surface area (Å²) in [5.74, 6) is 2.24. The molecule has 1 amide bonds. The van der Waals surface area contributed by atoms with Gasteiger partial charge in [-0.15, -0.1) is 24.0 Å². The first kappa shape index (κ1) is 22.5. The number of rotatable bonds is 5. The van der Waals surface area contributed by atoms with E-state index in [2.05, 4.69) is 30.1 Å². The van der Waals surface area contributed by atoms with Crippen molar-refractivity contribution in [2.45, 2.75) is 26.7 Å². The molecular formula is C19H31IN4O2. The first-order valence-corrected chi connectivity index (χ1v) is 8.98. The standard InChI is InChI=1S/C19H30N4O2.HI/c1-5-20-19(23-12-10-22(11-13-23)16(3)24)21-14-15(2)17-8-6-7-9-18(17)25-4;/h6-9,15H,5,10-14H2,1-4H3,(H,20,21);1H. The number of halogens is 1. The number of ether oxygens (including phenoxy) is 1. The lowest BCUT2D eigenvalue weighted by Crippen LogP contribution is -2.53. The van der Waals surface area contributed by atoms with Gasteiger partial charge in [0.2, 0.25) is 5.91 Å². The van der Waals surface area contributed by atoms with Crippen molar-refractivity contribution >= 4 is 35.8 Å². The summed E-state index contributed by atoms with van der Waals surface area (Å²) in [5, 5.41) is 3.37. The molecule has 7 heteroatoms. The van der Waals surface area contributed by atoms with E-state index in [0.717, 1.165) is 44.4 Å². The van der Waals surface area contributed by atoms with Gasteiger partial charge < -0.3 is 19.9 Å². The number of nitrogens with one attached hydrogen (secondary N) is 1. The maximum absolute atomic E-state index is 11.5. The van der Waals surface area contributed by atoms with E-state index in [1.807, 2.05) is 23.1 Å². The number of methoxy groups -OCH3 is 1. The van der Waals surface area contributed by atoms with Crippen molar-refractivity contribution in [1.29, 1.82) is 0 Å². The molecule has 0 aromatic heterocycles. The largest absolute Gasteiger partial charge is 0.496 e. The molecule has 0 radical (unpaired) electrons. The molecule has 146 valence electrons. The molecule has 0 bridgehead atoms. The van der Waals surface area contributed by atoms with Crippen LogP contribution < -0.4 is 10.1 Å². The van der Waals surface area contributed by atoms with Crippen molar-refractivity contribution in [3.63, 3.8) is 0 Å². The Hall–Kier alpha value is -1.51. The van der Waals surface area contributed by atoms with Gasteiger partial charge >= 0.3 is 0 Å². The molecule has 1 saturated heterocycles. The van der Waals surface area contributed by atoms with Gasteiger partial charge in [-0.2, -0.15) is 0 Å². The zero-order valence-corrected chi connectivity index (χ0v) is 18.5. The van der Waals surface area contributed by atoms with Gasteiger partial charge in [-0.25, -0.2) is 0 Å². The summed E-state index contributed by atoms with van der Waals surface area (Å²) >= 11 is 0. The average molecular weight is 474 g/mol. The molecular weight excluding hydrogens is 443 g/mol. The van der Waals surface area contributed by atoms with Crippen molar-refractivity contribution in [1.82, 2.24) is 15.1 Å². The van der Waals surface area contributed by atoms with Crippen LogP contribution in [0.5, 0.6) is 5.75 Å². The minimum Gasteiger partial charge on any atom is -0.496 e. The molecule has 1 fully saturated rings. The Labute approximate surface area is 174 Å². The number of amides is 1. The van der Waals surface area contributed by atoms with Gasteiger partial charge in [0.25, 0.3) is 0 Å². The van der Waals surface area contributed by atoms with Crippen molar-refractivity contribution in [3.05, 3.63) is 29.8 Å². The number of guanidine groups is 1. The topological polar surface area (TPSA) is 57.2 Å². The molecule has 1 aliphatic heterocycles. The quantitative estimate of drug-likeness (QED) is 0.405. The Bertz CT molecular complexity index is 601. The third-order valence-corrected chi connectivity index (χ3v) is 4.54. The number of para-hydroxylation sites is 1. The molecule has 26 heavy (non-hydrogen) atoms. The number of nitrogens with zero attached hydrogens (tertiary/aromatic N) is 3. The lowest BCUT2D eigenvalue weighted by Gasteiger charge is -2.36. The van der Waals surface area contributed by atoms with Crippen LogP contribution in [0.1, 0.15) is 32.3 Å². The molecule has 0 spiro atoms. The second kappa shape index (κ2) is 11.3. The highest BCUT2D eigenvalue weighted by Crippen LogP contribution is 2.26. The number of benzene rings is 1. The highest BCUT2D eigenvalue weighted by molar-refractivity contribution is 14.0. The van der Waals surface area contributed by atoms with E-state index in [9.17, 15) is 4.79 Å². The molecule has 1 aromatic carbocycles. The van der Waals surface area contributed by atoms with Crippen LogP contribution in [0.3, 0.4) is 0 Å². The van der Waals surface area contributed by atoms with E-state index in [1.54, 1.807) is 14.0 Å². The number of piperazine rings is 1. The predicted octanol–water partition coefficient (Wildman–Crippen LogP) is 2.55. The Morgan fingerprint density at radius 1 is 1.23 bits per heavy atom. The highest BCUT2D eigenvalue weighted by Gasteiger charge is 2.21. The van der Waals surface area contributed by atoms with Gasteiger partial charge in [-0.3, -0.25) is 9.79 Å². The molecule has 6 nitrogen and oxygen atoms in total. The summed E-state index contributed by atoms with van der Waals surface area (Å²) in [6, 6.07) is 8.10. The van der Waals surface area contributed by atoms with E-state index in [4.69, 9.17) is 9.73 Å². The molecule has 1 unspecified atom stereocenters. The second-order valence-corrected chi connectivity index (χ2v) is 6.33. The predicted molar refractivity (Wildman–Crippen MR) is 117 cm³/mol. The van der Waals surface area contributed by atoms with Gasteiger partial charge in [-0.1, -0.05) is 25.1 Å². The van der Waals surface area contributed by atoms with Crippen LogP contribution >= 0.6 is 24.0 Å². The molecule has 1 heterocycles. The fraction of sp³-hybridized carbons (Fsp3) is 0.579. The molecule has 1 atom stereocenters. The van der Waals surface area contributed by atoms with Crippen LogP contribution in [0.2, 0.25) is 0 Å². The SMILES string of the molecule is CCNC(=NCC(C)c1ccccc1OC)N1CCN(C(C)=O)CC1.I. The molecule has 2 rings (SSSR count). The Balaban J connectivity index is 0.00000338. The number of aliphatic imine (C=N–C) groups is 1. The van der Waals surface area contributed by atoms with Crippen molar-refractivity contribution in [3.8, 4) is 5.75 Å². The smallest absolute Gasteiger partial charge is 0.219 e. The second-order valence-electron chi connectivity index (χ2n) is 6.33. The van der Waals surface area contributed by atoms with Crippen LogP contribution in [0.4, 0.5) is 0 Å². The van der Waals surface area contributed by atoms with Gasteiger partial charge in [0.1, 0.15) is 5.75 Å². The minimum absolute atomic E-state index is 0. The number of hydrogen-bond acceptors (Lipinski definition) is 3. The third kappa shape index (κ3) is 6.03. The summed E-state index contributed by atoms with van der Waals surface area (Å²) in [7, 11) is 1.70. The maximum Gasteiger partial charge on any atom is 0.219 e. The Morgan fingerprint density at radius 2 is 1.85 bits per heavy atom. The van der Waals surface area contributed by atoms with Gasteiger partial charge in [0.15, 0.2) is 5.96 Å². The molecule has 0 aliphatic carbocycles. The first-order chi connectivity index (χ1) is 12.1. The minimum atomic E-state index is 0. The Kier molecular flexibility index (Phi) is 9.75. The summed E-state index contributed by atoms with van der Waals surface area (Å²) < 4.78 is 5.46. The molecule has 0 saturated carbocycles. The summed E-state index contributed by atoms with van der Waals surface area (Å²) in [6.45, 7) is 10.5. The van der Waals surface area contributed by atoms with Crippen LogP contribution in [0, 0.1) is 0 Å². The maximum atomic E-state index is 11.5. The first-order valence-electron chi connectivity index (χ1n) is 8.98. The number of carbonyl (C=O) groups is 1. The molecule has 1 aromatic rings. The van der Waals surface area contributed by atoms with E-state index < -0.39 is 0 Å². The average Bonchev–Trinajstić information content (AvgIpc) is 2.64. The Morgan fingerprint density at radius 3 is 2.42 bits per heavy atom. The fourth-order valence-corrected chi connectivity index (χ4v) is 3.05. The lowest BCUT2D eigenvalue weighted by molar-refractivity contribution is -0.130. The zero-order chi connectivity index (χ0) is 18.2. The van der Waals surface area contributed by atoms with Crippen LogP contribution in [0.15, 0.2) is 29.3 Å². The number of hydrogen-bond donors (Lipinski definition) is 1. The lowest BCUT2D eigenvalue weighted by atomic mass is 10.0. The summed E-state index contributed by atoms with van der Waals surface area (Å²) in [4.78, 5) is 20.4. The van der Waals surface area contributed by atoms with Gasteiger partial charge in [0, 0.05) is 52.1 Å². The van der Waals surface area contributed by atoms with E-state index in [0.29, 0.717) is 6.54 Å². The molecule has 1 N–H and O–H groups in total. The molecule has 1 aliphatic rings. The van der Waals surface area contributed by atoms with E-state index in [1.165, 1.54) is 5.56 Å². The monoisotopic (exact) mass is 474 g/mol. The van der Waals surface area contributed by atoms with Crippen LogP contribution in [-0.4, -0.2) is 68.0 Å². The van der Waals surface area contributed by atoms with E-state index in [-0.39, 0.29) is 35.8 Å². The highest BCUT2D eigenvalue weighted by atomic mass is 127. The zero-order valence-electron chi connectivity index (χ0n) is 16.2. The van der Waals surface area contributed by atoms with Crippen molar-refractivity contribution < 1.29 is 9.53 Å². The number of carbonyl (C=O) groups excluding carboxylic acids is 1. The van der Waals surface area contributed by atoms with Crippen molar-refractivity contribution in [2.75, 3.05) is 46.4 Å². The van der Waals surface area contributed by atoms with Crippen LogP contribution in [0.25, 0.3) is 0 Å². The fourth-order valence-electron chi connectivity index (χ4n) is 3.05. The van der Waals surface area contributed by atoms with Gasteiger partial charge in [-0.05, 0) is 18.6 Å². The normalized spacial score (nSPS) is 15.9. The summed E-state index contributed by atoms with van der Waals surface area (Å²) in [5.41, 5.74) is 1.17. The summed E-state index contributed by atoms with van der Waals surface area (Å²) in [6.07, 6.45) is 0. The van der Waals surface area contributed by atoms with Crippen molar-refractivity contribution in [2.24, 2.45) is 4.99 Å². The van der Waals surface area contributed by atoms with Crippen LogP contribution in [-0.2, 0) is 4.79 Å².